The van der Waals surface area contributed by atoms with Gasteiger partial charge < -0.3 is 10.2 Å². The lowest BCUT2D eigenvalue weighted by molar-refractivity contribution is -0.129. The number of hydrogen-bond donors (Lipinski definition) is 1. The first-order valence-corrected chi connectivity index (χ1v) is 9.64. The van der Waals surface area contributed by atoms with Crippen LogP contribution in [0.4, 0.5) is 5.69 Å². The zero-order valence-electron chi connectivity index (χ0n) is 15.4. The number of benzene rings is 2. The number of rotatable bonds is 5. The van der Waals surface area contributed by atoms with Gasteiger partial charge in [-0.15, -0.1) is 0 Å². The van der Waals surface area contributed by atoms with E-state index in [-0.39, 0.29) is 24.3 Å². The minimum absolute atomic E-state index is 0.0314. The average molecular weight is 360 g/mol. The van der Waals surface area contributed by atoms with E-state index in [1.54, 1.807) is 0 Å². The van der Waals surface area contributed by atoms with E-state index < -0.39 is 0 Å². The van der Waals surface area contributed by atoms with Crippen molar-refractivity contribution in [1.82, 2.24) is 4.90 Å². The molecule has 1 unspecified atom stereocenters. The average Bonchev–Trinajstić information content (AvgIpc) is 2.95. The van der Waals surface area contributed by atoms with Crippen LogP contribution in [-0.2, 0) is 16.1 Å². The predicted molar refractivity (Wildman–Crippen MR) is 106 cm³/mol. The Morgan fingerprint density at radius 3 is 2.44 bits per heavy atom. The molecular weight excluding hydrogens is 336 g/mol. The van der Waals surface area contributed by atoms with E-state index in [0.717, 1.165) is 36.9 Å². The van der Waals surface area contributed by atoms with Gasteiger partial charge in [-0.25, -0.2) is 0 Å². The highest BCUT2D eigenvalue weighted by atomic mass is 16.2. The van der Waals surface area contributed by atoms with E-state index in [1.165, 1.54) is 5.57 Å². The van der Waals surface area contributed by atoms with Crippen molar-refractivity contribution in [3.63, 3.8) is 0 Å². The molecule has 1 heterocycles. The molecule has 4 rings (SSSR count). The summed E-state index contributed by atoms with van der Waals surface area (Å²) in [6.45, 7) is 0.609. The number of para-hydroxylation sites is 1. The van der Waals surface area contributed by atoms with Gasteiger partial charge in [0.2, 0.25) is 5.91 Å². The SMILES string of the molecule is O=C(CC1=C2CCCCC2N(Cc2ccccc2)C1=O)Nc1ccccc1. The van der Waals surface area contributed by atoms with Crippen LogP contribution in [0.15, 0.2) is 71.8 Å². The number of carbonyl (C=O) groups excluding carboxylic acids is 2. The number of fused-ring (bicyclic) bond motifs is 1. The first-order chi connectivity index (χ1) is 13.2. The van der Waals surface area contributed by atoms with Gasteiger partial charge in [-0.1, -0.05) is 55.0 Å². The smallest absolute Gasteiger partial charge is 0.251 e. The molecular formula is C23H24N2O2. The normalized spacial score (nSPS) is 19.2. The van der Waals surface area contributed by atoms with Crippen molar-refractivity contribution in [3.05, 3.63) is 77.4 Å². The van der Waals surface area contributed by atoms with Gasteiger partial charge in [-0.3, -0.25) is 9.59 Å². The number of carbonyl (C=O) groups is 2. The number of nitrogens with zero attached hydrogens (tertiary/aromatic N) is 1. The summed E-state index contributed by atoms with van der Waals surface area (Å²) in [5.41, 5.74) is 3.79. The Kier molecular flexibility index (Phi) is 5.05. The molecule has 0 aromatic heterocycles. The molecule has 2 aliphatic rings. The fraction of sp³-hybridized carbons (Fsp3) is 0.304. The van der Waals surface area contributed by atoms with Crippen LogP contribution in [0.5, 0.6) is 0 Å². The zero-order chi connectivity index (χ0) is 18.6. The van der Waals surface area contributed by atoms with Crippen LogP contribution in [-0.4, -0.2) is 22.8 Å². The molecule has 1 atom stereocenters. The zero-order valence-corrected chi connectivity index (χ0v) is 15.4. The molecule has 138 valence electrons. The molecule has 0 spiro atoms. The molecule has 0 radical (unpaired) electrons. The Morgan fingerprint density at radius 2 is 1.70 bits per heavy atom. The third-order valence-corrected chi connectivity index (χ3v) is 5.45. The lowest BCUT2D eigenvalue weighted by atomic mass is 9.88. The van der Waals surface area contributed by atoms with Crippen LogP contribution in [0, 0.1) is 0 Å². The molecule has 1 aliphatic carbocycles. The summed E-state index contributed by atoms with van der Waals surface area (Å²) in [4.78, 5) is 27.7. The van der Waals surface area contributed by atoms with Crippen molar-refractivity contribution in [2.45, 2.75) is 44.7 Å². The standard InChI is InChI=1S/C23H24N2O2/c26-22(24-18-11-5-2-6-12-18)15-20-19-13-7-8-14-21(19)25(23(20)27)16-17-9-3-1-4-10-17/h1-6,9-12,21H,7-8,13-16H2,(H,24,26). The Bertz CT molecular complexity index is 858. The summed E-state index contributed by atoms with van der Waals surface area (Å²) in [6, 6.07) is 19.6. The minimum atomic E-state index is -0.122. The molecule has 4 nitrogen and oxygen atoms in total. The molecule has 1 fully saturated rings. The summed E-state index contributed by atoms with van der Waals surface area (Å²) in [5.74, 6) is -0.0908. The van der Waals surface area contributed by atoms with Gasteiger partial charge in [0.05, 0.1) is 12.5 Å². The van der Waals surface area contributed by atoms with Crippen LogP contribution in [0.25, 0.3) is 0 Å². The summed E-state index contributed by atoms with van der Waals surface area (Å²) >= 11 is 0. The Morgan fingerprint density at radius 1 is 1.00 bits per heavy atom. The number of anilines is 1. The van der Waals surface area contributed by atoms with Gasteiger partial charge >= 0.3 is 0 Å². The highest BCUT2D eigenvalue weighted by molar-refractivity contribution is 6.04. The first-order valence-electron chi connectivity index (χ1n) is 9.64. The Hall–Kier alpha value is -2.88. The minimum Gasteiger partial charge on any atom is -0.328 e. The summed E-state index contributed by atoms with van der Waals surface area (Å²) in [6.07, 6.45) is 4.32. The largest absolute Gasteiger partial charge is 0.328 e. The van der Waals surface area contributed by atoms with Gasteiger partial charge in [0.15, 0.2) is 0 Å². The molecule has 1 N–H and O–H groups in total. The van der Waals surface area contributed by atoms with Crippen LogP contribution in [0.2, 0.25) is 0 Å². The molecule has 2 amide bonds. The van der Waals surface area contributed by atoms with Gasteiger partial charge in [-0.05, 0) is 42.5 Å². The molecule has 0 bridgehead atoms. The van der Waals surface area contributed by atoms with E-state index >= 15 is 0 Å². The molecule has 2 aromatic rings. The van der Waals surface area contributed by atoms with E-state index in [2.05, 4.69) is 17.4 Å². The van der Waals surface area contributed by atoms with Gasteiger partial charge in [0.1, 0.15) is 0 Å². The number of amides is 2. The summed E-state index contributed by atoms with van der Waals surface area (Å²) in [7, 11) is 0. The maximum atomic E-state index is 13.2. The van der Waals surface area contributed by atoms with Crippen molar-refractivity contribution in [1.29, 1.82) is 0 Å². The fourth-order valence-electron chi connectivity index (χ4n) is 4.18. The Balaban J connectivity index is 1.52. The Labute approximate surface area is 159 Å². The highest BCUT2D eigenvalue weighted by Gasteiger charge is 2.40. The van der Waals surface area contributed by atoms with Crippen LogP contribution >= 0.6 is 0 Å². The van der Waals surface area contributed by atoms with Crippen molar-refractivity contribution < 1.29 is 9.59 Å². The maximum absolute atomic E-state index is 13.2. The monoisotopic (exact) mass is 360 g/mol. The van der Waals surface area contributed by atoms with E-state index in [4.69, 9.17) is 0 Å². The first kappa shape index (κ1) is 17.5. The maximum Gasteiger partial charge on any atom is 0.251 e. The summed E-state index contributed by atoms with van der Waals surface area (Å²) < 4.78 is 0. The molecule has 1 aliphatic heterocycles. The molecule has 1 saturated carbocycles. The van der Waals surface area contributed by atoms with E-state index in [1.807, 2.05) is 53.4 Å². The third kappa shape index (κ3) is 3.80. The second-order valence-corrected chi connectivity index (χ2v) is 7.28. The fourth-order valence-corrected chi connectivity index (χ4v) is 4.18. The van der Waals surface area contributed by atoms with Crippen molar-refractivity contribution in [3.8, 4) is 0 Å². The second kappa shape index (κ2) is 7.78. The van der Waals surface area contributed by atoms with Crippen LogP contribution in [0.1, 0.15) is 37.7 Å². The molecule has 27 heavy (non-hydrogen) atoms. The molecule has 4 heteroatoms. The summed E-state index contributed by atoms with van der Waals surface area (Å²) in [5, 5.41) is 2.91. The van der Waals surface area contributed by atoms with E-state index in [0.29, 0.717) is 12.1 Å². The van der Waals surface area contributed by atoms with Crippen molar-refractivity contribution in [2.24, 2.45) is 0 Å². The third-order valence-electron chi connectivity index (χ3n) is 5.45. The molecule has 2 aromatic carbocycles. The second-order valence-electron chi connectivity index (χ2n) is 7.28. The number of hydrogen-bond acceptors (Lipinski definition) is 2. The van der Waals surface area contributed by atoms with Gasteiger partial charge in [0.25, 0.3) is 5.91 Å². The van der Waals surface area contributed by atoms with Gasteiger partial charge in [0, 0.05) is 17.8 Å². The predicted octanol–water partition coefficient (Wildman–Crippen LogP) is 4.30. The topological polar surface area (TPSA) is 49.4 Å². The van der Waals surface area contributed by atoms with Crippen LogP contribution < -0.4 is 5.32 Å². The molecule has 0 saturated heterocycles. The lowest BCUT2D eigenvalue weighted by Gasteiger charge is -2.30. The van der Waals surface area contributed by atoms with Gasteiger partial charge in [-0.2, -0.15) is 0 Å². The van der Waals surface area contributed by atoms with Crippen LogP contribution in [0.3, 0.4) is 0 Å². The lowest BCUT2D eigenvalue weighted by Crippen LogP contribution is -2.36. The van der Waals surface area contributed by atoms with Crippen molar-refractivity contribution >= 4 is 17.5 Å². The number of nitrogens with one attached hydrogen (secondary N) is 1. The van der Waals surface area contributed by atoms with E-state index in [9.17, 15) is 9.59 Å². The highest BCUT2D eigenvalue weighted by Crippen LogP contribution is 2.38. The van der Waals surface area contributed by atoms with Crippen molar-refractivity contribution in [2.75, 3.05) is 5.32 Å². The quantitative estimate of drug-likeness (QED) is 0.864.